The van der Waals surface area contributed by atoms with E-state index in [1.54, 1.807) is 0 Å². The Morgan fingerprint density at radius 3 is 2.40 bits per heavy atom. The van der Waals surface area contributed by atoms with Crippen molar-refractivity contribution in [3.05, 3.63) is 24.3 Å². The molecule has 0 amide bonds. The molecule has 0 aromatic heterocycles. The lowest BCUT2D eigenvalue weighted by Gasteiger charge is -2.33. The van der Waals surface area contributed by atoms with Crippen molar-refractivity contribution < 1.29 is 0 Å². The molecule has 1 aromatic carbocycles. The first kappa shape index (κ1) is 11.9. The van der Waals surface area contributed by atoms with Crippen molar-refractivity contribution in [3.63, 3.8) is 0 Å². The topological polar surface area (TPSA) is 41.3 Å². The minimum atomic E-state index is 0.113. The number of rotatable bonds is 4. The quantitative estimate of drug-likeness (QED) is 0.742. The summed E-state index contributed by atoms with van der Waals surface area (Å²) in [6, 6.07) is 7.84. The molecule has 0 aliphatic rings. The second-order valence-corrected chi connectivity index (χ2v) is 4.65. The first-order valence-electron chi connectivity index (χ1n) is 5.19. The van der Waals surface area contributed by atoms with E-state index in [-0.39, 0.29) is 5.54 Å². The van der Waals surface area contributed by atoms with Gasteiger partial charge in [0.2, 0.25) is 0 Å². The molecule has 0 heterocycles. The van der Waals surface area contributed by atoms with Crippen LogP contribution in [-0.4, -0.2) is 31.1 Å². The number of nitrogens with one attached hydrogen (secondary N) is 1. The van der Waals surface area contributed by atoms with Crippen molar-refractivity contribution >= 4 is 11.4 Å². The highest BCUT2D eigenvalue weighted by Gasteiger charge is 2.19. The van der Waals surface area contributed by atoms with E-state index < -0.39 is 0 Å². The molecule has 0 aliphatic heterocycles. The highest BCUT2D eigenvalue weighted by molar-refractivity contribution is 5.65. The van der Waals surface area contributed by atoms with Gasteiger partial charge >= 0.3 is 0 Å². The van der Waals surface area contributed by atoms with E-state index in [9.17, 15) is 0 Å². The molecule has 0 aliphatic carbocycles. The lowest BCUT2D eigenvalue weighted by Crippen LogP contribution is -2.44. The average Bonchev–Trinajstić information content (AvgIpc) is 2.16. The van der Waals surface area contributed by atoms with Crippen molar-refractivity contribution in [1.29, 1.82) is 0 Å². The van der Waals surface area contributed by atoms with Gasteiger partial charge in [-0.1, -0.05) is 12.1 Å². The van der Waals surface area contributed by atoms with E-state index in [1.807, 2.05) is 24.3 Å². The molecule has 0 fully saturated rings. The van der Waals surface area contributed by atoms with Gasteiger partial charge in [0, 0.05) is 12.1 Å². The molecule has 84 valence electrons. The molecule has 3 N–H and O–H groups in total. The zero-order chi connectivity index (χ0) is 11.5. The Kier molecular flexibility index (Phi) is 3.58. The molecule has 3 nitrogen and oxygen atoms in total. The highest BCUT2D eigenvalue weighted by atomic mass is 15.2. The van der Waals surface area contributed by atoms with Crippen molar-refractivity contribution in [2.75, 3.05) is 31.7 Å². The van der Waals surface area contributed by atoms with Gasteiger partial charge in [-0.3, -0.25) is 0 Å². The number of hydrogen-bond acceptors (Lipinski definition) is 3. The molecule has 1 aromatic rings. The number of para-hydroxylation sites is 2. The maximum absolute atomic E-state index is 5.85. The molecule has 0 saturated heterocycles. The fraction of sp³-hybridized carbons (Fsp3) is 0.500. The van der Waals surface area contributed by atoms with Gasteiger partial charge in [-0.25, -0.2) is 0 Å². The van der Waals surface area contributed by atoms with Crippen molar-refractivity contribution in [1.82, 2.24) is 4.90 Å². The molecule has 1 rings (SSSR count). The third-order valence-electron chi connectivity index (χ3n) is 2.88. The summed E-state index contributed by atoms with van der Waals surface area (Å²) in [5.41, 5.74) is 7.77. The van der Waals surface area contributed by atoms with Gasteiger partial charge < -0.3 is 16.0 Å². The van der Waals surface area contributed by atoms with Crippen LogP contribution in [0.15, 0.2) is 24.3 Å². The molecule has 15 heavy (non-hydrogen) atoms. The Hall–Kier alpha value is -1.22. The van der Waals surface area contributed by atoms with Crippen LogP contribution in [0.1, 0.15) is 13.8 Å². The molecular formula is C12H21N3. The van der Waals surface area contributed by atoms with Gasteiger partial charge in [-0.2, -0.15) is 0 Å². The van der Waals surface area contributed by atoms with Crippen LogP contribution in [0.5, 0.6) is 0 Å². The number of nitrogens with zero attached hydrogens (tertiary/aromatic N) is 1. The Labute approximate surface area is 92.3 Å². The van der Waals surface area contributed by atoms with Crippen LogP contribution in [0, 0.1) is 0 Å². The average molecular weight is 207 g/mol. The minimum Gasteiger partial charge on any atom is -0.397 e. The summed E-state index contributed by atoms with van der Waals surface area (Å²) in [5.74, 6) is 0. The van der Waals surface area contributed by atoms with Gasteiger partial charge in [0.15, 0.2) is 0 Å². The predicted octanol–water partition coefficient (Wildman–Crippen LogP) is 2.02. The van der Waals surface area contributed by atoms with Crippen LogP contribution in [0.3, 0.4) is 0 Å². The van der Waals surface area contributed by atoms with Crippen LogP contribution in [0.25, 0.3) is 0 Å². The van der Waals surface area contributed by atoms with Crippen LogP contribution in [0.2, 0.25) is 0 Å². The Balaban J connectivity index is 2.62. The second kappa shape index (κ2) is 4.53. The zero-order valence-corrected chi connectivity index (χ0v) is 10.0. The molecular weight excluding hydrogens is 186 g/mol. The number of benzene rings is 1. The van der Waals surface area contributed by atoms with Crippen molar-refractivity contribution in [2.45, 2.75) is 19.4 Å². The lowest BCUT2D eigenvalue weighted by molar-refractivity contribution is 0.210. The molecule has 3 heteroatoms. The van der Waals surface area contributed by atoms with Crippen LogP contribution in [0.4, 0.5) is 11.4 Å². The summed E-state index contributed by atoms with van der Waals surface area (Å²) < 4.78 is 0. The maximum Gasteiger partial charge on any atom is 0.0574 e. The van der Waals surface area contributed by atoms with Crippen LogP contribution in [-0.2, 0) is 0 Å². The van der Waals surface area contributed by atoms with E-state index in [0.29, 0.717) is 0 Å². The van der Waals surface area contributed by atoms with E-state index >= 15 is 0 Å². The van der Waals surface area contributed by atoms with Gasteiger partial charge in [0.05, 0.1) is 11.4 Å². The largest absolute Gasteiger partial charge is 0.397 e. The highest BCUT2D eigenvalue weighted by Crippen LogP contribution is 2.19. The van der Waals surface area contributed by atoms with Gasteiger partial charge in [0.1, 0.15) is 0 Å². The van der Waals surface area contributed by atoms with Crippen LogP contribution < -0.4 is 11.1 Å². The molecule has 0 saturated carbocycles. The number of likely N-dealkylation sites (N-methyl/N-ethyl adjacent to an activating group) is 1. The summed E-state index contributed by atoms with van der Waals surface area (Å²) in [4.78, 5) is 2.19. The van der Waals surface area contributed by atoms with Gasteiger partial charge in [-0.05, 0) is 40.1 Å². The van der Waals surface area contributed by atoms with E-state index in [2.05, 4.69) is 38.2 Å². The molecule has 0 spiro atoms. The fourth-order valence-electron chi connectivity index (χ4n) is 1.13. The van der Waals surface area contributed by atoms with Crippen molar-refractivity contribution in [2.24, 2.45) is 0 Å². The smallest absolute Gasteiger partial charge is 0.0574 e. The van der Waals surface area contributed by atoms with Gasteiger partial charge in [-0.15, -0.1) is 0 Å². The monoisotopic (exact) mass is 207 g/mol. The van der Waals surface area contributed by atoms with Gasteiger partial charge in [0.25, 0.3) is 0 Å². The summed E-state index contributed by atoms with van der Waals surface area (Å²) in [6.07, 6.45) is 0. The lowest BCUT2D eigenvalue weighted by atomic mass is 10.0. The summed E-state index contributed by atoms with van der Waals surface area (Å²) >= 11 is 0. The Bertz CT molecular complexity index is 318. The number of anilines is 2. The maximum atomic E-state index is 5.85. The third kappa shape index (κ3) is 3.13. The van der Waals surface area contributed by atoms with E-state index in [1.165, 1.54) is 0 Å². The molecule has 0 atom stereocenters. The first-order chi connectivity index (χ1) is 6.93. The van der Waals surface area contributed by atoms with Crippen molar-refractivity contribution in [3.8, 4) is 0 Å². The SMILES string of the molecule is CN(C)C(C)(C)CNc1ccccc1N. The predicted molar refractivity (Wildman–Crippen MR) is 67.1 cm³/mol. The number of nitrogen functional groups attached to an aromatic ring is 1. The standard InChI is InChI=1S/C12H21N3/c1-12(2,15(3)4)9-14-11-8-6-5-7-10(11)13/h5-8,14H,9,13H2,1-4H3. The zero-order valence-electron chi connectivity index (χ0n) is 10.0. The number of nitrogens with two attached hydrogens (primary N) is 1. The fourth-order valence-corrected chi connectivity index (χ4v) is 1.13. The van der Waals surface area contributed by atoms with E-state index in [0.717, 1.165) is 17.9 Å². The molecule has 0 unspecified atom stereocenters. The summed E-state index contributed by atoms with van der Waals surface area (Å²) in [5, 5.41) is 3.37. The Morgan fingerprint density at radius 2 is 1.87 bits per heavy atom. The molecule has 0 radical (unpaired) electrons. The minimum absolute atomic E-state index is 0.113. The third-order valence-corrected chi connectivity index (χ3v) is 2.88. The first-order valence-corrected chi connectivity index (χ1v) is 5.19. The Morgan fingerprint density at radius 1 is 1.27 bits per heavy atom. The summed E-state index contributed by atoms with van der Waals surface area (Å²) in [6.45, 7) is 5.26. The number of hydrogen-bond donors (Lipinski definition) is 2. The second-order valence-electron chi connectivity index (χ2n) is 4.65. The molecule has 0 bridgehead atoms. The van der Waals surface area contributed by atoms with Crippen LogP contribution >= 0.6 is 0 Å². The summed E-state index contributed by atoms with van der Waals surface area (Å²) in [7, 11) is 4.16. The van der Waals surface area contributed by atoms with E-state index in [4.69, 9.17) is 5.73 Å². The normalized spacial score (nSPS) is 11.8.